The first-order chi connectivity index (χ1) is 19.9. The molecule has 10 nitrogen and oxygen atoms in total. The molecule has 2 aliphatic rings. The predicted molar refractivity (Wildman–Crippen MR) is 160 cm³/mol. The first kappa shape index (κ1) is 27.3. The van der Waals surface area contributed by atoms with Crippen molar-refractivity contribution in [2.75, 3.05) is 49.1 Å². The molecule has 5 heterocycles. The van der Waals surface area contributed by atoms with E-state index in [4.69, 9.17) is 27.9 Å². The molecule has 0 spiro atoms. The molecule has 6 rings (SSSR count). The fourth-order valence-electron chi connectivity index (χ4n) is 5.50. The highest BCUT2D eigenvalue weighted by atomic mass is 35.5. The summed E-state index contributed by atoms with van der Waals surface area (Å²) in [6.45, 7) is 4.57. The zero-order valence-electron chi connectivity index (χ0n) is 22.1. The van der Waals surface area contributed by atoms with E-state index in [1.807, 2.05) is 18.2 Å². The molecule has 1 atom stereocenters. The van der Waals surface area contributed by atoms with E-state index < -0.39 is 11.4 Å². The Balaban J connectivity index is 1.39. The Morgan fingerprint density at radius 2 is 1.93 bits per heavy atom. The van der Waals surface area contributed by atoms with Gasteiger partial charge in [0, 0.05) is 50.5 Å². The van der Waals surface area contributed by atoms with Gasteiger partial charge in [0.05, 0.1) is 34.2 Å². The van der Waals surface area contributed by atoms with E-state index in [0.717, 1.165) is 57.1 Å². The van der Waals surface area contributed by atoms with Gasteiger partial charge in [0.1, 0.15) is 23.0 Å². The molecule has 2 fully saturated rings. The topological polar surface area (TPSA) is 113 Å². The maximum absolute atomic E-state index is 13.2. The predicted octanol–water partition coefficient (Wildman–Crippen LogP) is 4.24. The molecular weight excluding hydrogens is 567 g/mol. The van der Waals surface area contributed by atoms with E-state index in [2.05, 4.69) is 25.1 Å². The van der Waals surface area contributed by atoms with Crippen LogP contribution in [-0.4, -0.2) is 71.0 Å². The van der Waals surface area contributed by atoms with Crippen molar-refractivity contribution in [2.45, 2.75) is 18.9 Å². The second-order valence-corrected chi connectivity index (χ2v) is 10.9. The summed E-state index contributed by atoms with van der Waals surface area (Å²) in [6.07, 6.45) is 6.50. The fourth-order valence-corrected chi connectivity index (χ4v) is 5.95. The molecule has 2 N–H and O–H groups in total. The molecule has 3 aromatic heterocycles. The van der Waals surface area contributed by atoms with Crippen LogP contribution in [0, 0.1) is 0 Å². The molecule has 0 amide bonds. The van der Waals surface area contributed by atoms with E-state index in [9.17, 15) is 14.7 Å². The van der Waals surface area contributed by atoms with Gasteiger partial charge in [-0.25, -0.2) is 14.8 Å². The highest BCUT2D eigenvalue weighted by Gasteiger charge is 2.29. The van der Waals surface area contributed by atoms with Gasteiger partial charge in [-0.15, -0.1) is 0 Å². The van der Waals surface area contributed by atoms with Gasteiger partial charge in [-0.2, -0.15) is 0 Å². The molecule has 2 saturated heterocycles. The number of anilines is 2. The number of rotatable bonds is 7. The van der Waals surface area contributed by atoms with Crippen LogP contribution in [0.1, 0.15) is 23.2 Å². The number of ether oxygens (including phenoxy) is 1. The Hall–Kier alpha value is -3.86. The van der Waals surface area contributed by atoms with E-state index >= 15 is 0 Å². The number of aromatic carboxylic acids is 1. The number of carbonyl (C=O) groups is 1. The molecule has 41 heavy (non-hydrogen) atoms. The minimum Gasteiger partial charge on any atom is -0.477 e. The van der Waals surface area contributed by atoms with Crippen LogP contribution in [0.3, 0.4) is 0 Å². The molecule has 212 valence electrons. The van der Waals surface area contributed by atoms with Crippen molar-refractivity contribution in [1.82, 2.24) is 19.9 Å². The number of pyridine rings is 3. The third kappa shape index (κ3) is 5.42. The van der Waals surface area contributed by atoms with Crippen LogP contribution in [0.25, 0.3) is 16.6 Å². The molecule has 0 unspecified atom stereocenters. The number of piperazine rings is 1. The number of nitrogens with zero attached hydrogens (tertiary/aromatic N) is 5. The van der Waals surface area contributed by atoms with Gasteiger partial charge >= 0.3 is 5.97 Å². The average Bonchev–Trinajstić information content (AvgIpc) is 3.46. The Bertz CT molecular complexity index is 1660. The maximum Gasteiger partial charge on any atom is 0.341 e. The second kappa shape index (κ2) is 11.6. The molecule has 4 aromatic rings. The number of hydrogen-bond donors (Lipinski definition) is 2. The van der Waals surface area contributed by atoms with Gasteiger partial charge in [-0.05, 0) is 49.2 Å². The summed E-state index contributed by atoms with van der Waals surface area (Å²) < 4.78 is 7.65. The quantitative estimate of drug-likeness (QED) is 0.324. The van der Waals surface area contributed by atoms with Crippen molar-refractivity contribution in [3.8, 4) is 11.6 Å². The zero-order valence-corrected chi connectivity index (χ0v) is 23.6. The van der Waals surface area contributed by atoms with Crippen LogP contribution < -0.4 is 25.3 Å². The van der Waals surface area contributed by atoms with Crippen LogP contribution in [0.4, 0.5) is 11.5 Å². The van der Waals surface area contributed by atoms with Gasteiger partial charge < -0.3 is 29.5 Å². The standard InChI is InChI=1S/C29H28Cl2N6O4/c30-22-4-1-7-33-28(22)41-17-19-3-2-10-36(19)25-14-24-20(13-23(25)31)27(38)21(29(39)40)16-37(24)18-5-6-26(34-15-18)35-11-8-32-9-12-35/h1,4-7,13-16,19,32H,2-3,8-12,17H2,(H,39,40)/t19-/m1/s1. The lowest BCUT2D eigenvalue weighted by atomic mass is 10.1. The monoisotopic (exact) mass is 594 g/mol. The van der Waals surface area contributed by atoms with Gasteiger partial charge in [-0.3, -0.25) is 4.79 Å². The van der Waals surface area contributed by atoms with Crippen molar-refractivity contribution in [3.63, 3.8) is 0 Å². The number of hydrogen-bond acceptors (Lipinski definition) is 8. The molecule has 0 radical (unpaired) electrons. The lowest BCUT2D eigenvalue weighted by molar-refractivity contribution is 0.0695. The number of nitrogens with one attached hydrogen (secondary N) is 1. The lowest BCUT2D eigenvalue weighted by Crippen LogP contribution is -2.43. The Morgan fingerprint density at radius 3 is 2.66 bits per heavy atom. The number of benzene rings is 1. The van der Waals surface area contributed by atoms with Crippen molar-refractivity contribution in [1.29, 1.82) is 0 Å². The minimum atomic E-state index is -1.30. The number of carboxylic acid groups (broad SMARTS) is 1. The summed E-state index contributed by atoms with van der Waals surface area (Å²) in [5, 5.41) is 14.2. The van der Waals surface area contributed by atoms with Gasteiger partial charge in [-0.1, -0.05) is 23.2 Å². The first-order valence-corrected chi connectivity index (χ1v) is 14.2. The second-order valence-electron chi connectivity index (χ2n) is 10.1. The summed E-state index contributed by atoms with van der Waals surface area (Å²) >= 11 is 13.0. The van der Waals surface area contributed by atoms with Gasteiger partial charge in [0.25, 0.3) is 0 Å². The zero-order chi connectivity index (χ0) is 28.5. The van der Waals surface area contributed by atoms with Crippen LogP contribution in [0.15, 0.2) is 59.8 Å². The third-order valence-electron chi connectivity index (χ3n) is 7.58. The van der Waals surface area contributed by atoms with Crippen molar-refractivity contribution in [2.24, 2.45) is 0 Å². The number of halogens is 2. The molecule has 12 heteroatoms. The molecule has 2 aliphatic heterocycles. The SMILES string of the molecule is O=C(O)c1cn(-c2ccc(N3CCNCC3)nc2)c2cc(N3CCC[C@@H]3COc3ncccc3Cl)c(Cl)cc2c1=O. The summed E-state index contributed by atoms with van der Waals surface area (Å²) in [5.74, 6) is -0.0886. The highest BCUT2D eigenvalue weighted by Crippen LogP contribution is 2.36. The van der Waals surface area contributed by atoms with Crippen molar-refractivity contribution >= 4 is 51.6 Å². The molecule has 1 aromatic carbocycles. The maximum atomic E-state index is 13.2. The number of fused-ring (bicyclic) bond motifs is 1. The van der Waals surface area contributed by atoms with Crippen molar-refractivity contribution < 1.29 is 14.6 Å². The lowest BCUT2D eigenvalue weighted by Gasteiger charge is -2.29. The largest absolute Gasteiger partial charge is 0.477 e. The van der Waals surface area contributed by atoms with Crippen LogP contribution in [0.5, 0.6) is 5.88 Å². The third-order valence-corrected chi connectivity index (χ3v) is 8.17. The molecular formula is C29H28Cl2N6O4. The first-order valence-electron chi connectivity index (χ1n) is 13.4. The van der Waals surface area contributed by atoms with E-state index in [1.165, 1.54) is 6.20 Å². The van der Waals surface area contributed by atoms with Crippen molar-refractivity contribution in [3.05, 3.63) is 80.8 Å². The molecule has 0 saturated carbocycles. The molecule has 0 aliphatic carbocycles. The highest BCUT2D eigenvalue weighted by molar-refractivity contribution is 6.34. The van der Waals surface area contributed by atoms with Gasteiger partial charge in [0.15, 0.2) is 0 Å². The normalized spacial score (nSPS) is 17.3. The van der Waals surface area contributed by atoms with Crippen LogP contribution in [0.2, 0.25) is 10.0 Å². The van der Waals surface area contributed by atoms with Crippen LogP contribution >= 0.6 is 23.2 Å². The van der Waals surface area contributed by atoms with E-state index in [-0.39, 0.29) is 17.0 Å². The van der Waals surface area contributed by atoms with Crippen LogP contribution in [-0.2, 0) is 0 Å². The Labute approximate surface area is 246 Å². The Morgan fingerprint density at radius 1 is 1.10 bits per heavy atom. The number of carboxylic acids is 1. The smallest absolute Gasteiger partial charge is 0.341 e. The Kier molecular flexibility index (Phi) is 7.70. The summed E-state index contributed by atoms with van der Waals surface area (Å²) in [6, 6.07) is 10.7. The van der Waals surface area contributed by atoms with Gasteiger partial charge in [0.2, 0.25) is 11.3 Å². The summed E-state index contributed by atoms with van der Waals surface area (Å²) in [4.78, 5) is 38.5. The molecule has 0 bridgehead atoms. The van der Waals surface area contributed by atoms with E-state index in [1.54, 1.807) is 35.2 Å². The average molecular weight is 595 g/mol. The van der Waals surface area contributed by atoms with E-state index in [0.29, 0.717) is 33.7 Å². The summed E-state index contributed by atoms with van der Waals surface area (Å²) in [5.41, 5.74) is 0.978. The fraction of sp³-hybridized carbons (Fsp3) is 0.310. The number of aromatic nitrogens is 3. The summed E-state index contributed by atoms with van der Waals surface area (Å²) in [7, 11) is 0. The minimum absolute atomic E-state index is 0.00136.